The molecule has 0 unspecified atom stereocenters. The van der Waals surface area contributed by atoms with E-state index in [0.29, 0.717) is 41.4 Å². The first-order valence-electron chi connectivity index (χ1n) is 10.9. The summed E-state index contributed by atoms with van der Waals surface area (Å²) in [5.74, 6) is -0.781. The van der Waals surface area contributed by atoms with E-state index in [2.05, 4.69) is 15.0 Å². The Kier molecular flexibility index (Phi) is 5.54. The number of hydrogen-bond acceptors (Lipinski definition) is 6. The van der Waals surface area contributed by atoms with Gasteiger partial charge in [0.2, 0.25) is 0 Å². The molecule has 168 valence electrons. The lowest BCUT2D eigenvalue weighted by molar-refractivity contribution is 0.00393. The number of aromatic nitrogens is 5. The molecule has 0 radical (unpaired) electrons. The Balaban J connectivity index is 1.62. The van der Waals surface area contributed by atoms with Gasteiger partial charge in [-0.2, -0.15) is 0 Å². The van der Waals surface area contributed by atoms with Crippen LogP contribution in [0.1, 0.15) is 53.3 Å². The van der Waals surface area contributed by atoms with Gasteiger partial charge in [-0.25, -0.2) is 28.7 Å². The van der Waals surface area contributed by atoms with Crippen LogP contribution in [0, 0.1) is 32.4 Å². The van der Waals surface area contributed by atoms with Gasteiger partial charge >= 0.3 is 0 Å². The minimum absolute atomic E-state index is 0.00714. The second kappa shape index (κ2) is 8.51. The number of ether oxygens (including phenoxy) is 1. The van der Waals surface area contributed by atoms with Gasteiger partial charge < -0.3 is 4.74 Å². The minimum atomic E-state index is -0.696. The average Bonchev–Trinajstić information content (AvgIpc) is 2.80. The summed E-state index contributed by atoms with van der Waals surface area (Å²) in [6.07, 6.45) is 3.08. The molecule has 5 rings (SSSR count). The van der Waals surface area contributed by atoms with Crippen molar-refractivity contribution in [1.29, 1.82) is 0 Å². The zero-order valence-electron chi connectivity index (χ0n) is 18.6. The molecular weight excluding hydrogens is 424 g/mol. The van der Waals surface area contributed by atoms with Gasteiger partial charge in [0.1, 0.15) is 28.7 Å². The van der Waals surface area contributed by atoms with Crippen LogP contribution in [-0.2, 0) is 4.74 Å². The van der Waals surface area contributed by atoms with Crippen LogP contribution in [0.3, 0.4) is 0 Å². The van der Waals surface area contributed by atoms with Crippen LogP contribution in [-0.4, -0.2) is 31.5 Å². The van der Waals surface area contributed by atoms with Gasteiger partial charge in [-0.1, -0.05) is 0 Å². The van der Waals surface area contributed by atoms with Crippen molar-refractivity contribution in [3.63, 3.8) is 0 Å². The summed E-state index contributed by atoms with van der Waals surface area (Å²) in [5.41, 5.74) is 4.75. The quantitative estimate of drug-likeness (QED) is 0.423. The zero-order chi connectivity index (χ0) is 23.1. The van der Waals surface area contributed by atoms with Crippen molar-refractivity contribution in [2.45, 2.75) is 45.6 Å². The highest BCUT2D eigenvalue weighted by atomic mass is 19.1. The normalized spacial score (nSPS) is 18.6. The van der Waals surface area contributed by atoms with Crippen LogP contribution < -0.4 is 0 Å². The predicted octanol–water partition coefficient (Wildman–Crippen LogP) is 5.32. The van der Waals surface area contributed by atoms with Gasteiger partial charge in [-0.05, 0) is 63.4 Å². The number of halogens is 2. The van der Waals surface area contributed by atoms with Gasteiger partial charge in [0.25, 0.3) is 0 Å². The van der Waals surface area contributed by atoms with Gasteiger partial charge in [-0.15, -0.1) is 0 Å². The van der Waals surface area contributed by atoms with Gasteiger partial charge in [0.05, 0.1) is 17.5 Å². The maximum absolute atomic E-state index is 14.8. The number of benzene rings is 1. The van der Waals surface area contributed by atoms with Crippen LogP contribution in [0.25, 0.3) is 22.4 Å². The van der Waals surface area contributed by atoms with Gasteiger partial charge in [0.15, 0.2) is 5.65 Å². The highest BCUT2D eigenvalue weighted by Crippen LogP contribution is 2.38. The van der Waals surface area contributed by atoms with E-state index in [1.165, 1.54) is 12.1 Å². The van der Waals surface area contributed by atoms with Crippen LogP contribution >= 0.6 is 0 Å². The molecule has 0 amide bonds. The Morgan fingerprint density at radius 3 is 2.55 bits per heavy atom. The molecule has 8 heteroatoms. The van der Waals surface area contributed by atoms with Crippen molar-refractivity contribution in [3.05, 3.63) is 76.6 Å². The van der Waals surface area contributed by atoms with E-state index in [9.17, 15) is 8.78 Å². The minimum Gasteiger partial charge on any atom is -0.373 e. The van der Waals surface area contributed by atoms with Crippen LogP contribution in [0.5, 0.6) is 0 Å². The molecule has 4 aromatic rings. The molecule has 6 nitrogen and oxygen atoms in total. The van der Waals surface area contributed by atoms with Crippen molar-refractivity contribution >= 4 is 11.2 Å². The maximum Gasteiger partial charge on any atom is 0.182 e. The fourth-order valence-electron chi connectivity index (χ4n) is 4.21. The van der Waals surface area contributed by atoms with E-state index in [-0.39, 0.29) is 17.6 Å². The topological polar surface area (TPSA) is 73.7 Å². The standard InChI is InChI=1S/C25H23F2N5O/c1-13-10-16(6-8-28-13)21-11-17(7-9-33-21)24-31-22(19-5-4-18(26)12-20(19)27)23-25(32-24)30-15(3)14(2)29-23/h4-6,8,10,12,17,21H,7,9,11H2,1-3H3/t17-,21-/m1/s1. The maximum atomic E-state index is 14.8. The molecule has 0 aliphatic carbocycles. The Bertz CT molecular complexity index is 1360. The average molecular weight is 447 g/mol. The first-order valence-corrected chi connectivity index (χ1v) is 10.9. The summed E-state index contributed by atoms with van der Waals surface area (Å²) in [6, 6.07) is 7.44. The molecule has 0 spiro atoms. The third-order valence-corrected chi connectivity index (χ3v) is 6.09. The Morgan fingerprint density at radius 1 is 0.939 bits per heavy atom. The monoisotopic (exact) mass is 447 g/mol. The predicted molar refractivity (Wildman–Crippen MR) is 120 cm³/mol. The summed E-state index contributed by atoms with van der Waals surface area (Å²) >= 11 is 0. The van der Waals surface area contributed by atoms with E-state index < -0.39 is 11.6 Å². The largest absolute Gasteiger partial charge is 0.373 e. The van der Waals surface area contributed by atoms with E-state index in [0.717, 1.165) is 29.4 Å². The number of rotatable bonds is 3. The SMILES string of the molecule is Cc1cc([C@H]2C[C@H](c3nc(-c4ccc(F)cc4F)c4nc(C)c(C)nc4n3)CCO2)ccn1. The summed E-state index contributed by atoms with van der Waals surface area (Å²) in [7, 11) is 0. The molecule has 4 heterocycles. The van der Waals surface area contributed by atoms with Crippen LogP contribution in [0.4, 0.5) is 8.78 Å². The molecule has 1 saturated heterocycles. The van der Waals surface area contributed by atoms with Crippen LogP contribution in [0.2, 0.25) is 0 Å². The number of hydrogen-bond donors (Lipinski definition) is 0. The van der Waals surface area contributed by atoms with Crippen molar-refractivity contribution < 1.29 is 13.5 Å². The number of pyridine rings is 1. The highest BCUT2D eigenvalue weighted by molar-refractivity contribution is 5.87. The first-order chi connectivity index (χ1) is 15.9. The molecule has 2 atom stereocenters. The molecular formula is C25H23F2N5O. The Hall–Kier alpha value is -3.39. The lowest BCUT2D eigenvalue weighted by atomic mass is 9.91. The van der Waals surface area contributed by atoms with Crippen molar-refractivity contribution in [3.8, 4) is 11.3 Å². The summed E-state index contributed by atoms with van der Waals surface area (Å²) in [6.45, 7) is 6.19. The van der Waals surface area contributed by atoms with Gasteiger partial charge in [0, 0.05) is 36.0 Å². The molecule has 1 aliphatic rings. The fourth-order valence-corrected chi connectivity index (χ4v) is 4.21. The van der Waals surface area contributed by atoms with Crippen molar-refractivity contribution in [2.24, 2.45) is 0 Å². The first kappa shape index (κ1) is 21.5. The molecule has 1 aromatic carbocycles. The molecule has 0 bridgehead atoms. The van der Waals surface area contributed by atoms with Crippen molar-refractivity contribution in [1.82, 2.24) is 24.9 Å². The molecule has 33 heavy (non-hydrogen) atoms. The lowest BCUT2D eigenvalue weighted by Crippen LogP contribution is -2.21. The molecule has 1 fully saturated rings. The second-order valence-corrected chi connectivity index (χ2v) is 8.43. The van der Waals surface area contributed by atoms with E-state index in [1.54, 1.807) is 6.20 Å². The molecule has 0 saturated carbocycles. The summed E-state index contributed by atoms with van der Waals surface area (Å²) < 4.78 is 34.4. The Morgan fingerprint density at radius 2 is 1.76 bits per heavy atom. The third kappa shape index (κ3) is 4.18. The summed E-state index contributed by atoms with van der Waals surface area (Å²) in [4.78, 5) is 22.9. The van der Waals surface area contributed by atoms with E-state index in [4.69, 9.17) is 14.7 Å². The smallest absolute Gasteiger partial charge is 0.182 e. The lowest BCUT2D eigenvalue weighted by Gasteiger charge is -2.29. The fraction of sp³-hybridized carbons (Fsp3) is 0.320. The van der Waals surface area contributed by atoms with Crippen LogP contribution in [0.15, 0.2) is 36.5 Å². The second-order valence-electron chi connectivity index (χ2n) is 8.43. The molecule has 1 aliphatic heterocycles. The van der Waals surface area contributed by atoms with Gasteiger partial charge in [-0.3, -0.25) is 4.98 Å². The third-order valence-electron chi connectivity index (χ3n) is 6.09. The highest BCUT2D eigenvalue weighted by Gasteiger charge is 2.29. The number of nitrogens with zero attached hydrogens (tertiary/aromatic N) is 5. The Labute approximate surface area is 190 Å². The molecule has 0 N–H and O–H groups in total. The molecule has 3 aromatic heterocycles. The number of fused-ring (bicyclic) bond motifs is 1. The number of aryl methyl sites for hydroxylation is 3. The van der Waals surface area contributed by atoms with E-state index in [1.807, 2.05) is 32.9 Å². The van der Waals surface area contributed by atoms with Crippen molar-refractivity contribution in [2.75, 3.05) is 6.61 Å². The zero-order valence-corrected chi connectivity index (χ0v) is 18.6. The summed E-state index contributed by atoms with van der Waals surface area (Å²) in [5, 5.41) is 0. The van der Waals surface area contributed by atoms with E-state index >= 15 is 0 Å².